The standard InChI is InChI=1S/C8H13NO5S/c1-2-3-15(12,13)9-8(11)14-7-4-6(10)5-7/h7H,2-5H2,1H3,(H,9,11). The number of ether oxygens (including phenoxy) is 1. The van der Waals surface area contributed by atoms with Gasteiger partial charge in [-0.1, -0.05) is 6.92 Å². The third-order valence-corrected chi connectivity index (χ3v) is 3.32. The summed E-state index contributed by atoms with van der Waals surface area (Å²) in [4.78, 5) is 21.6. The van der Waals surface area contributed by atoms with Crippen molar-refractivity contribution < 1.29 is 22.7 Å². The molecule has 1 saturated carbocycles. The van der Waals surface area contributed by atoms with Crippen LogP contribution in [-0.2, 0) is 19.6 Å². The van der Waals surface area contributed by atoms with Crippen molar-refractivity contribution in [3.63, 3.8) is 0 Å². The Hall–Kier alpha value is -1.11. The maximum Gasteiger partial charge on any atom is 0.421 e. The first-order chi connectivity index (χ1) is 6.93. The number of carbonyl (C=O) groups is 2. The Morgan fingerprint density at radius 1 is 1.53 bits per heavy atom. The molecule has 1 fully saturated rings. The first-order valence-corrected chi connectivity index (χ1v) is 6.31. The number of ketones is 1. The normalized spacial score (nSPS) is 17.0. The topological polar surface area (TPSA) is 89.5 Å². The first-order valence-electron chi connectivity index (χ1n) is 4.65. The van der Waals surface area contributed by atoms with Gasteiger partial charge in [0.05, 0.1) is 5.75 Å². The summed E-state index contributed by atoms with van der Waals surface area (Å²) in [7, 11) is -3.58. The van der Waals surface area contributed by atoms with Gasteiger partial charge in [-0.25, -0.2) is 17.9 Å². The van der Waals surface area contributed by atoms with Crippen molar-refractivity contribution in [3.8, 4) is 0 Å². The van der Waals surface area contributed by atoms with E-state index >= 15 is 0 Å². The van der Waals surface area contributed by atoms with E-state index in [9.17, 15) is 18.0 Å². The number of hydrogen-bond acceptors (Lipinski definition) is 5. The Labute approximate surface area is 88.0 Å². The van der Waals surface area contributed by atoms with E-state index in [4.69, 9.17) is 0 Å². The molecule has 1 aliphatic carbocycles. The van der Waals surface area contributed by atoms with E-state index in [0.29, 0.717) is 6.42 Å². The molecule has 0 atom stereocenters. The molecule has 1 N–H and O–H groups in total. The largest absolute Gasteiger partial charge is 0.445 e. The molecule has 0 radical (unpaired) electrons. The lowest BCUT2D eigenvalue weighted by Gasteiger charge is -2.23. The van der Waals surface area contributed by atoms with Crippen LogP contribution in [0.3, 0.4) is 0 Å². The van der Waals surface area contributed by atoms with Gasteiger partial charge >= 0.3 is 6.09 Å². The summed E-state index contributed by atoms with van der Waals surface area (Å²) in [5.74, 6) is -0.102. The van der Waals surface area contributed by atoms with Gasteiger partial charge in [0.15, 0.2) is 0 Å². The van der Waals surface area contributed by atoms with Gasteiger partial charge in [0, 0.05) is 12.8 Å². The molecule has 0 bridgehead atoms. The van der Waals surface area contributed by atoms with Gasteiger partial charge in [-0.2, -0.15) is 0 Å². The molecule has 0 aromatic rings. The molecule has 1 rings (SSSR count). The van der Waals surface area contributed by atoms with Gasteiger partial charge in [-0.3, -0.25) is 4.79 Å². The van der Waals surface area contributed by atoms with Crippen LogP contribution in [0.25, 0.3) is 0 Å². The van der Waals surface area contributed by atoms with Crippen LogP contribution in [0.2, 0.25) is 0 Å². The van der Waals surface area contributed by atoms with Crippen LogP contribution in [0.4, 0.5) is 4.79 Å². The van der Waals surface area contributed by atoms with E-state index in [1.807, 2.05) is 0 Å². The van der Waals surface area contributed by atoms with Gasteiger partial charge in [0.1, 0.15) is 11.9 Å². The maximum absolute atomic E-state index is 11.1. The van der Waals surface area contributed by atoms with Crippen molar-refractivity contribution in [3.05, 3.63) is 0 Å². The van der Waals surface area contributed by atoms with Crippen molar-refractivity contribution in [1.29, 1.82) is 0 Å². The lowest BCUT2D eigenvalue weighted by atomic mass is 9.94. The molecular weight excluding hydrogens is 222 g/mol. The lowest BCUT2D eigenvalue weighted by Crippen LogP contribution is -2.39. The van der Waals surface area contributed by atoms with Crippen LogP contribution in [0.1, 0.15) is 26.2 Å². The second-order valence-electron chi connectivity index (χ2n) is 3.40. The fourth-order valence-electron chi connectivity index (χ4n) is 1.15. The quantitative estimate of drug-likeness (QED) is 0.751. The summed E-state index contributed by atoms with van der Waals surface area (Å²) < 4.78 is 28.7. The van der Waals surface area contributed by atoms with E-state index in [2.05, 4.69) is 4.74 Å². The molecule has 0 saturated heterocycles. The highest BCUT2D eigenvalue weighted by Crippen LogP contribution is 2.18. The van der Waals surface area contributed by atoms with E-state index in [1.54, 1.807) is 11.6 Å². The molecule has 0 aromatic heterocycles. The second kappa shape index (κ2) is 4.61. The van der Waals surface area contributed by atoms with Crippen molar-refractivity contribution in [1.82, 2.24) is 4.72 Å². The average molecular weight is 235 g/mol. The average Bonchev–Trinajstić information content (AvgIpc) is 1.99. The van der Waals surface area contributed by atoms with Crippen LogP contribution in [0, 0.1) is 0 Å². The number of carbonyl (C=O) groups excluding carboxylic acids is 2. The van der Waals surface area contributed by atoms with Gasteiger partial charge < -0.3 is 4.74 Å². The third-order valence-electron chi connectivity index (χ3n) is 1.90. The van der Waals surface area contributed by atoms with Crippen molar-refractivity contribution >= 4 is 21.9 Å². The predicted molar refractivity (Wildman–Crippen MR) is 51.7 cm³/mol. The zero-order valence-corrected chi connectivity index (χ0v) is 9.17. The number of amides is 1. The first kappa shape index (κ1) is 12.0. The molecule has 6 nitrogen and oxygen atoms in total. The second-order valence-corrected chi connectivity index (χ2v) is 5.24. The third kappa shape index (κ3) is 3.86. The molecule has 0 unspecified atom stereocenters. The number of sulfonamides is 1. The summed E-state index contributed by atoms with van der Waals surface area (Å²) in [5.41, 5.74) is 0. The smallest absolute Gasteiger partial charge is 0.421 e. The molecule has 0 aromatic carbocycles. The molecule has 0 aliphatic heterocycles. The maximum atomic E-state index is 11.1. The fraction of sp³-hybridized carbons (Fsp3) is 0.750. The predicted octanol–water partition coefficient (Wildman–Crippen LogP) is 0.184. The molecule has 86 valence electrons. The molecule has 1 amide bonds. The zero-order valence-electron chi connectivity index (χ0n) is 8.36. The van der Waals surface area contributed by atoms with Crippen molar-refractivity contribution in [2.75, 3.05) is 5.75 Å². The Morgan fingerprint density at radius 3 is 2.60 bits per heavy atom. The number of hydrogen-bond donors (Lipinski definition) is 1. The van der Waals surface area contributed by atoms with Gasteiger partial charge in [-0.15, -0.1) is 0 Å². The fourth-order valence-corrected chi connectivity index (χ4v) is 2.10. The van der Waals surface area contributed by atoms with Gasteiger partial charge in [0.2, 0.25) is 10.0 Å². The molecule has 0 spiro atoms. The lowest BCUT2D eigenvalue weighted by molar-refractivity contribution is -0.130. The number of rotatable bonds is 4. The molecule has 1 aliphatic rings. The summed E-state index contributed by atoms with van der Waals surface area (Å²) in [6, 6.07) is 0. The van der Waals surface area contributed by atoms with Crippen LogP contribution in [0.15, 0.2) is 0 Å². The summed E-state index contributed by atoms with van der Waals surface area (Å²) in [5, 5.41) is 0. The molecular formula is C8H13NO5S. The summed E-state index contributed by atoms with van der Waals surface area (Å²) in [6.45, 7) is 1.69. The van der Waals surface area contributed by atoms with Crippen LogP contribution in [-0.4, -0.2) is 32.2 Å². The van der Waals surface area contributed by atoms with Crippen molar-refractivity contribution in [2.24, 2.45) is 0 Å². The summed E-state index contributed by atoms with van der Waals surface area (Å²) >= 11 is 0. The van der Waals surface area contributed by atoms with Gasteiger partial charge in [0.25, 0.3) is 0 Å². The minimum atomic E-state index is -3.58. The minimum absolute atomic E-state index is 0.0178. The van der Waals surface area contributed by atoms with E-state index in [0.717, 1.165) is 0 Å². The summed E-state index contributed by atoms with van der Waals surface area (Å²) in [6.07, 6.45) is -0.678. The Kier molecular flexibility index (Phi) is 3.67. The minimum Gasteiger partial charge on any atom is -0.445 e. The molecule has 15 heavy (non-hydrogen) atoms. The van der Waals surface area contributed by atoms with E-state index in [1.165, 1.54) is 0 Å². The molecule has 7 heteroatoms. The zero-order chi connectivity index (χ0) is 11.5. The Balaban J connectivity index is 2.33. The Morgan fingerprint density at radius 2 is 2.13 bits per heavy atom. The monoisotopic (exact) mass is 235 g/mol. The number of nitrogens with one attached hydrogen (secondary N) is 1. The highest BCUT2D eigenvalue weighted by atomic mass is 32.2. The van der Waals surface area contributed by atoms with E-state index < -0.39 is 22.2 Å². The van der Waals surface area contributed by atoms with Crippen LogP contribution < -0.4 is 4.72 Å². The van der Waals surface area contributed by atoms with Crippen LogP contribution >= 0.6 is 0 Å². The van der Waals surface area contributed by atoms with E-state index in [-0.39, 0.29) is 24.4 Å². The highest BCUT2D eigenvalue weighted by Gasteiger charge is 2.30. The highest BCUT2D eigenvalue weighted by molar-refractivity contribution is 7.90. The molecule has 0 heterocycles. The van der Waals surface area contributed by atoms with Crippen molar-refractivity contribution in [2.45, 2.75) is 32.3 Å². The van der Waals surface area contributed by atoms with Gasteiger partial charge in [-0.05, 0) is 6.42 Å². The number of Topliss-reactive ketones (excluding diaryl/α,β-unsaturated/α-hetero) is 1. The SMILES string of the molecule is CCCS(=O)(=O)NC(=O)OC1CC(=O)C1. The Bertz CT molecular complexity index is 353. The van der Waals surface area contributed by atoms with Crippen LogP contribution in [0.5, 0.6) is 0 Å².